The Morgan fingerprint density at radius 3 is 2.57 bits per heavy atom. The molecule has 0 amide bonds. The van der Waals surface area contributed by atoms with Crippen molar-refractivity contribution in [2.45, 2.75) is 19.8 Å². The highest BCUT2D eigenvalue weighted by Crippen LogP contribution is 2.34. The normalized spacial score (nSPS) is 11.3. The standard InChI is InChI=1S/C20H16Br3N3O4/c1-2-3-17-25-16-5-4-12(21)8-13(16)20(29)26(17)24-9-11-6-14(22)19(15(23)7-11)30-10-18(27)28/h4-9H,2-3,10H2,1H3,(H,27,28). The third-order valence-corrected chi connectivity index (χ3v) is 5.70. The van der Waals surface area contributed by atoms with Crippen LogP contribution in [0.1, 0.15) is 24.7 Å². The number of ether oxygens (including phenoxy) is 1. The Hall–Kier alpha value is -2.04. The van der Waals surface area contributed by atoms with Gasteiger partial charge in [-0.25, -0.2) is 9.78 Å². The number of aliphatic carboxylic acids is 1. The van der Waals surface area contributed by atoms with Gasteiger partial charge in [0.25, 0.3) is 5.56 Å². The lowest BCUT2D eigenvalue weighted by Crippen LogP contribution is -2.22. The maximum Gasteiger partial charge on any atom is 0.341 e. The third-order valence-electron chi connectivity index (χ3n) is 4.03. The Labute approximate surface area is 197 Å². The van der Waals surface area contributed by atoms with Crippen LogP contribution in [0.2, 0.25) is 0 Å². The lowest BCUT2D eigenvalue weighted by molar-refractivity contribution is -0.139. The quantitative estimate of drug-likeness (QED) is 0.386. The molecule has 156 valence electrons. The molecule has 0 saturated heterocycles. The van der Waals surface area contributed by atoms with Crippen molar-refractivity contribution in [3.63, 3.8) is 0 Å². The predicted molar refractivity (Wildman–Crippen MR) is 126 cm³/mol. The van der Waals surface area contributed by atoms with Crippen molar-refractivity contribution in [3.8, 4) is 5.75 Å². The summed E-state index contributed by atoms with van der Waals surface area (Å²) in [5, 5.41) is 13.7. The van der Waals surface area contributed by atoms with Crippen molar-refractivity contribution in [1.82, 2.24) is 9.66 Å². The van der Waals surface area contributed by atoms with E-state index >= 15 is 0 Å². The van der Waals surface area contributed by atoms with Gasteiger partial charge in [0.2, 0.25) is 0 Å². The van der Waals surface area contributed by atoms with E-state index in [0.717, 1.165) is 10.9 Å². The number of carbonyl (C=O) groups is 1. The molecule has 10 heteroatoms. The minimum absolute atomic E-state index is 0.249. The van der Waals surface area contributed by atoms with Crippen molar-refractivity contribution in [2.24, 2.45) is 5.10 Å². The molecule has 7 nitrogen and oxygen atoms in total. The zero-order valence-electron chi connectivity index (χ0n) is 15.7. The molecule has 0 fully saturated rings. The number of fused-ring (bicyclic) bond motifs is 1. The molecule has 0 atom stereocenters. The molecular formula is C20H16Br3N3O4. The zero-order chi connectivity index (χ0) is 21.8. The lowest BCUT2D eigenvalue weighted by Gasteiger charge is -2.10. The van der Waals surface area contributed by atoms with Crippen LogP contribution >= 0.6 is 47.8 Å². The molecule has 3 rings (SSSR count). The molecule has 1 aromatic heterocycles. The number of benzene rings is 2. The first-order valence-electron chi connectivity index (χ1n) is 8.89. The summed E-state index contributed by atoms with van der Waals surface area (Å²) in [5.41, 5.74) is 1.06. The average Bonchev–Trinajstić information content (AvgIpc) is 2.67. The highest BCUT2D eigenvalue weighted by Gasteiger charge is 2.12. The van der Waals surface area contributed by atoms with Gasteiger partial charge in [0.1, 0.15) is 11.6 Å². The number of aromatic nitrogens is 2. The number of hydrogen-bond donors (Lipinski definition) is 1. The Morgan fingerprint density at radius 2 is 1.93 bits per heavy atom. The first-order chi connectivity index (χ1) is 14.3. The summed E-state index contributed by atoms with van der Waals surface area (Å²) in [6, 6.07) is 8.83. The SMILES string of the molecule is CCCc1nc2ccc(Br)cc2c(=O)n1N=Cc1cc(Br)c(OCC(=O)O)c(Br)c1. The molecule has 0 aliphatic heterocycles. The number of hydrogen-bond acceptors (Lipinski definition) is 5. The first kappa shape index (κ1) is 22.6. The van der Waals surface area contributed by atoms with E-state index in [-0.39, 0.29) is 5.56 Å². The van der Waals surface area contributed by atoms with Gasteiger partial charge in [-0.1, -0.05) is 22.9 Å². The summed E-state index contributed by atoms with van der Waals surface area (Å²) in [6.07, 6.45) is 2.97. The fourth-order valence-corrected chi connectivity index (χ4v) is 4.56. The highest BCUT2D eigenvalue weighted by atomic mass is 79.9. The number of carboxylic acid groups (broad SMARTS) is 1. The second kappa shape index (κ2) is 9.84. The highest BCUT2D eigenvalue weighted by molar-refractivity contribution is 9.11. The fourth-order valence-electron chi connectivity index (χ4n) is 2.75. The number of nitrogens with zero attached hydrogens (tertiary/aromatic N) is 3. The number of carboxylic acids is 1. The molecule has 0 radical (unpaired) electrons. The van der Waals surface area contributed by atoms with Crippen LogP contribution in [0.5, 0.6) is 5.75 Å². The van der Waals surface area contributed by atoms with Crippen LogP contribution in [-0.2, 0) is 11.2 Å². The van der Waals surface area contributed by atoms with Crippen LogP contribution < -0.4 is 10.3 Å². The zero-order valence-corrected chi connectivity index (χ0v) is 20.5. The predicted octanol–water partition coefficient (Wildman–Crippen LogP) is 4.98. The van der Waals surface area contributed by atoms with Gasteiger partial charge in [-0.3, -0.25) is 4.79 Å². The molecule has 0 aliphatic carbocycles. The van der Waals surface area contributed by atoms with Crippen molar-refractivity contribution in [2.75, 3.05) is 6.61 Å². The van der Waals surface area contributed by atoms with Gasteiger partial charge in [-0.05, 0) is 74.2 Å². The molecule has 2 aromatic carbocycles. The maximum atomic E-state index is 13.0. The van der Waals surface area contributed by atoms with Crippen LogP contribution in [0.15, 0.2) is 53.6 Å². The number of aryl methyl sites for hydroxylation is 1. The number of rotatable bonds is 7. The molecule has 0 bridgehead atoms. The summed E-state index contributed by atoms with van der Waals surface area (Å²) < 4.78 is 8.49. The van der Waals surface area contributed by atoms with Crippen LogP contribution in [0.4, 0.5) is 0 Å². The Kier molecular flexibility index (Phi) is 7.43. The van der Waals surface area contributed by atoms with Crippen molar-refractivity contribution in [1.29, 1.82) is 0 Å². The Bertz CT molecular complexity index is 1180. The largest absolute Gasteiger partial charge is 0.480 e. The molecule has 3 aromatic rings. The van der Waals surface area contributed by atoms with Gasteiger partial charge in [-0.15, -0.1) is 0 Å². The van der Waals surface area contributed by atoms with Crippen molar-refractivity contribution in [3.05, 3.63) is 65.5 Å². The smallest absolute Gasteiger partial charge is 0.341 e. The Balaban J connectivity index is 2.03. The third kappa shape index (κ3) is 5.16. The minimum Gasteiger partial charge on any atom is -0.480 e. The van der Waals surface area contributed by atoms with Gasteiger partial charge >= 0.3 is 5.97 Å². The summed E-state index contributed by atoms with van der Waals surface area (Å²) >= 11 is 10.1. The van der Waals surface area contributed by atoms with Crippen LogP contribution in [0, 0.1) is 0 Å². The van der Waals surface area contributed by atoms with E-state index in [1.807, 2.05) is 13.0 Å². The van der Waals surface area contributed by atoms with Gasteiger partial charge in [0.15, 0.2) is 6.61 Å². The van der Waals surface area contributed by atoms with Gasteiger partial charge < -0.3 is 9.84 Å². The molecule has 1 N–H and O–H groups in total. The van der Waals surface area contributed by atoms with E-state index in [4.69, 9.17) is 9.84 Å². The molecule has 0 spiro atoms. The van der Waals surface area contributed by atoms with E-state index in [1.165, 1.54) is 4.68 Å². The molecule has 0 unspecified atom stereocenters. The van der Waals surface area contributed by atoms with E-state index in [0.29, 0.717) is 43.4 Å². The van der Waals surface area contributed by atoms with E-state index in [2.05, 4.69) is 57.9 Å². The van der Waals surface area contributed by atoms with Crippen LogP contribution in [-0.4, -0.2) is 33.6 Å². The van der Waals surface area contributed by atoms with E-state index in [1.54, 1.807) is 30.5 Å². The van der Waals surface area contributed by atoms with Crippen molar-refractivity contribution >= 4 is 70.9 Å². The summed E-state index contributed by atoms with van der Waals surface area (Å²) in [4.78, 5) is 28.4. The monoisotopic (exact) mass is 599 g/mol. The summed E-state index contributed by atoms with van der Waals surface area (Å²) in [5.74, 6) is -0.124. The van der Waals surface area contributed by atoms with E-state index in [9.17, 15) is 9.59 Å². The maximum absolute atomic E-state index is 13.0. The molecule has 30 heavy (non-hydrogen) atoms. The molecule has 0 aliphatic rings. The minimum atomic E-state index is -1.07. The van der Waals surface area contributed by atoms with Gasteiger partial charge in [0, 0.05) is 10.9 Å². The lowest BCUT2D eigenvalue weighted by atomic mass is 10.2. The molecule has 1 heterocycles. The first-order valence-corrected chi connectivity index (χ1v) is 11.3. The van der Waals surface area contributed by atoms with Crippen LogP contribution in [0.3, 0.4) is 0 Å². The molecular weight excluding hydrogens is 586 g/mol. The van der Waals surface area contributed by atoms with E-state index < -0.39 is 12.6 Å². The second-order valence-corrected chi connectivity index (χ2v) is 8.92. The van der Waals surface area contributed by atoms with Gasteiger partial charge in [0.05, 0.1) is 26.1 Å². The van der Waals surface area contributed by atoms with Gasteiger partial charge in [-0.2, -0.15) is 9.78 Å². The second-order valence-electron chi connectivity index (χ2n) is 6.30. The average molecular weight is 602 g/mol. The topological polar surface area (TPSA) is 93.8 Å². The Morgan fingerprint density at radius 1 is 1.23 bits per heavy atom. The summed E-state index contributed by atoms with van der Waals surface area (Å²) in [6.45, 7) is 1.55. The van der Waals surface area contributed by atoms with Crippen molar-refractivity contribution < 1.29 is 14.6 Å². The molecule has 0 saturated carbocycles. The fraction of sp³-hybridized carbons (Fsp3) is 0.200. The number of halogens is 3. The van der Waals surface area contributed by atoms with Crippen LogP contribution in [0.25, 0.3) is 10.9 Å². The summed E-state index contributed by atoms with van der Waals surface area (Å²) in [7, 11) is 0.